The Bertz CT molecular complexity index is 256. The molecule has 0 heterocycles. The number of carbonyl (C=O) groups excluding carboxylic acids is 2. The molecule has 0 aromatic heterocycles. The molecule has 0 aliphatic heterocycles. The molecule has 0 radical (unpaired) electrons. The standard InChI is InChI=1S/C11H24N4O2/c1-9(16)8-13-10(2)11(17)15(12-3)7-6-14(4)5/h10,12-13H,6-8H2,1-5H3. The maximum Gasteiger partial charge on any atom is 0.253 e. The Kier molecular flexibility index (Phi) is 7.69. The molecule has 1 atom stereocenters. The van der Waals surface area contributed by atoms with Crippen LogP contribution < -0.4 is 10.7 Å². The summed E-state index contributed by atoms with van der Waals surface area (Å²) in [5, 5.41) is 4.44. The Hall–Kier alpha value is -0.980. The summed E-state index contributed by atoms with van der Waals surface area (Å²) in [6.07, 6.45) is 0. The molecular formula is C11H24N4O2. The molecule has 0 saturated carbocycles. The van der Waals surface area contributed by atoms with E-state index in [4.69, 9.17) is 0 Å². The van der Waals surface area contributed by atoms with Crippen molar-refractivity contribution in [1.29, 1.82) is 0 Å². The van der Waals surface area contributed by atoms with Crippen molar-refractivity contribution in [2.24, 2.45) is 0 Å². The van der Waals surface area contributed by atoms with E-state index in [2.05, 4.69) is 10.7 Å². The van der Waals surface area contributed by atoms with E-state index in [9.17, 15) is 9.59 Å². The van der Waals surface area contributed by atoms with Gasteiger partial charge in [0, 0.05) is 13.6 Å². The predicted molar refractivity (Wildman–Crippen MR) is 67.5 cm³/mol. The van der Waals surface area contributed by atoms with Gasteiger partial charge in [-0.05, 0) is 27.9 Å². The van der Waals surface area contributed by atoms with Gasteiger partial charge in [-0.3, -0.25) is 19.9 Å². The second-order valence-electron chi connectivity index (χ2n) is 4.32. The maximum absolute atomic E-state index is 12.0. The normalized spacial score (nSPS) is 12.6. The quantitative estimate of drug-likeness (QED) is 0.541. The Morgan fingerprint density at radius 3 is 2.24 bits per heavy atom. The molecule has 0 aliphatic carbocycles. The molecule has 6 heteroatoms. The van der Waals surface area contributed by atoms with Crippen LogP contribution in [-0.4, -0.2) is 68.4 Å². The Labute approximate surface area is 103 Å². The highest BCUT2D eigenvalue weighted by Gasteiger charge is 2.19. The minimum Gasteiger partial charge on any atom is -0.308 e. The summed E-state index contributed by atoms with van der Waals surface area (Å²) in [5.74, 6) is -0.0375. The highest BCUT2D eigenvalue weighted by molar-refractivity contribution is 5.83. The van der Waals surface area contributed by atoms with E-state index in [1.54, 1.807) is 19.0 Å². The zero-order valence-corrected chi connectivity index (χ0v) is 11.4. The minimum atomic E-state index is -0.367. The van der Waals surface area contributed by atoms with Crippen LogP contribution in [0.1, 0.15) is 13.8 Å². The van der Waals surface area contributed by atoms with E-state index >= 15 is 0 Å². The van der Waals surface area contributed by atoms with Gasteiger partial charge < -0.3 is 4.90 Å². The number of Topliss-reactive ketones (excluding diaryl/α,β-unsaturated/α-hetero) is 1. The fourth-order valence-electron chi connectivity index (χ4n) is 1.25. The van der Waals surface area contributed by atoms with Gasteiger partial charge in [0.15, 0.2) is 0 Å². The van der Waals surface area contributed by atoms with Crippen molar-refractivity contribution in [3.63, 3.8) is 0 Å². The summed E-state index contributed by atoms with van der Waals surface area (Å²) in [7, 11) is 5.62. The summed E-state index contributed by atoms with van der Waals surface area (Å²) in [5.41, 5.74) is 2.86. The Balaban J connectivity index is 4.17. The molecule has 0 bridgehead atoms. The van der Waals surface area contributed by atoms with E-state index in [0.29, 0.717) is 6.54 Å². The van der Waals surface area contributed by atoms with Gasteiger partial charge in [0.2, 0.25) is 0 Å². The number of hydrogen-bond donors (Lipinski definition) is 2. The van der Waals surface area contributed by atoms with Crippen molar-refractivity contribution in [3.8, 4) is 0 Å². The molecule has 0 rings (SSSR count). The van der Waals surface area contributed by atoms with Crippen molar-refractivity contribution in [3.05, 3.63) is 0 Å². The van der Waals surface area contributed by atoms with Crippen molar-refractivity contribution >= 4 is 11.7 Å². The molecule has 1 amide bonds. The topological polar surface area (TPSA) is 64.7 Å². The van der Waals surface area contributed by atoms with E-state index in [0.717, 1.165) is 6.54 Å². The number of hydrazine groups is 1. The highest BCUT2D eigenvalue weighted by Crippen LogP contribution is 1.92. The van der Waals surface area contributed by atoms with Gasteiger partial charge in [-0.2, -0.15) is 0 Å². The average molecular weight is 244 g/mol. The lowest BCUT2D eigenvalue weighted by molar-refractivity contribution is -0.136. The minimum absolute atomic E-state index is 0.0222. The lowest BCUT2D eigenvalue weighted by Gasteiger charge is -2.26. The van der Waals surface area contributed by atoms with E-state index in [1.165, 1.54) is 6.92 Å². The smallest absolute Gasteiger partial charge is 0.253 e. The number of carbonyl (C=O) groups is 2. The second kappa shape index (κ2) is 8.16. The molecule has 0 spiro atoms. The van der Waals surface area contributed by atoms with Gasteiger partial charge in [0.25, 0.3) is 5.91 Å². The lowest BCUT2D eigenvalue weighted by atomic mass is 10.3. The molecule has 0 aliphatic rings. The SMILES string of the molecule is CNN(CCN(C)C)C(=O)C(C)NCC(C)=O. The first-order valence-electron chi connectivity index (χ1n) is 5.74. The molecule has 0 aromatic rings. The number of likely N-dealkylation sites (N-methyl/N-ethyl adjacent to an activating group) is 1. The zero-order valence-electron chi connectivity index (χ0n) is 11.4. The molecule has 17 heavy (non-hydrogen) atoms. The first-order valence-corrected chi connectivity index (χ1v) is 5.74. The third-order valence-corrected chi connectivity index (χ3v) is 2.33. The monoisotopic (exact) mass is 244 g/mol. The summed E-state index contributed by atoms with van der Waals surface area (Å²) >= 11 is 0. The van der Waals surface area contributed by atoms with Crippen LogP contribution in [0, 0.1) is 0 Å². The fraction of sp³-hybridized carbons (Fsp3) is 0.818. The predicted octanol–water partition coefficient (Wildman–Crippen LogP) is -0.922. The van der Waals surface area contributed by atoms with Gasteiger partial charge in [-0.15, -0.1) is 0 Å². The van der Waals surface area contributed by atoms with Crippen LogP contribution in [0.25, 0.3) is 0 Å². The molecule has 6 nitrogen and oxygen atoms in total. The number of nitrogens with one attached hydrogen (secondary N) is 2. The number of ketones is 1. The molecule has 2 N–H and O–H groups in total. The number of nitrogens with zero attached hydrogens (tertiary/aromatic N) is 2. The fourth-order valence-corrected chi connectivity index (χ4v) is 1.25. The highest BCUT2D eigenvalue weighted by atomic mass is 16.2. The molecule has 100 valence electrons. The van der Waals surface area contributed by atoms with Crippen molar-refractivity contribution in [2.75, 3.05) is 40.8 Å². The molecule has 1 unspecified atom stereocenters. The van der Waals surface area contributed by atoms with Crippen LogP contribution in [0.15, 0.2) is 0 Å². The number of amides is 1. The van der Waals surface area contributed by atoms with E-state index in [1.807, 2.05) is 19.0 Å². The van der Waals surface area contributed by atoms with Gasteiger partial charge in [0.1, 0.15) is 5.78 Å². The number of rotatable bonds is 8. The summed E-state index contributed by atoms with van der Waals surface area (Å²) in [4.78, 5) is 24.8. The maximum atomic E-state index is 12.0. The second-order valence-corrected chi connectivity index (χ2v) is 4.32. The van der Waals surface area contributed by atoms with Gasteiger partial charge in [0.05, 0.1) is 19.1 Å². The van der Waals surface area contributed by atoms with Crippen LogP contribution in [0.4, 0.5) is 0 Å². The Morgan fingerprint density at radius 1 is 1.24 bits per heavy atom. The molecular weight excluding hydrogens is 220 g/mol. The molecule has 0 saturated heterocycles. The van der Waals surface area contributed by atoms with Gasteiger partial charge >= 0.3 is 0 Å². The van der Waals surface area contributed by atoms with Gasteiger partial charge in [-0.1, -0.05) is 0 Å². The van der Waals surface area contributed by atoms with Crippen LogP contribution in [0.5, 0.6) is 0 Å². The summed E-state index contributed by atoms with van der Waals surface area (Å²) in [6, 6.07) is -0.367. The third-order valence-electron chi connectivity index (χ3n) is 2.33. The van der Waals surface area contributed by atoms with Gasteiger partial charge in [-0.25, -0.2) is 5.43 Å². The van der Waals surface area contributed by atoms with Crippen molar-refractivity contribution in [2.45, 2.75) is 19.9 Å². The first-order chi connectivity index (χ1) is 7.88. The van der Waals surface area contributed by atoms with E-state index < -0.39 is 0 Å². The van der Waals surface area contributed by atoms with Crippen LogP contribution in [0.2, 0.25) is 0 Å². The molecule has 0 aromatic carbocycles. The third kappa shape index (κ3) is 7.04. The zero-order chi connectivity index (χ0) is 13.4. The summed E-state index contributed by atoms with van der Waals surface area (Å²) < 4.78 is 0. The summed E-state index contributed by atoms with van der Waals surface area (Å²) in [6.45, 7) is 4.86. The number of hydrogen-bond acceptors (Lipinski definition) is 5. The Morgan fingerprint density at radius 2 is 1.82 bits per heavy atom. The van der Waals surface area contributed by atoms with Crippen LogP contribution in [-0.2, 0) is 9.59 Å². The van der Waals surface area contributed by atoms with Crippen LogP contribution >= 0.6 is 0 Å². The largest absolute Gasteiger partial charge is 0.308 e. The average Bonchev–Trinajstić information content (AvgIpc) is 2.25. The van der Waals surface area contributed by atoms with Crippen molar-refractivity contribution in [1.82, 2.24) is 20.7 Å². The lowest BCUT2D eigenvalue weighted by Crippen LogP contribution is -2.52. The van der Waals surface area contributed by atoms with Crippen LogP contribution in [0.3, 0.4) is 0 Å². The first kappa shape index (κ1) is 16.0. The molecule has 0 fully saturated rings. The van der Waals surface area contributed by atoms with Crippen molar-refractivity contribution < 1.29 is 9.59 Å². The van der Waals surface area contributed by atoms with E-state index in [-0.39, 0.29) is 24.3 Å².